The lowest BCUT2D eigenvalue weighted by Crippen LogP contribution is -2.37. The molecule has 0 spiro atoms. The first-order valence-corrected chi connectivity index (χ1v) is 9.96. The summed E-state index contributed by atoms with van der Waals surface area (Å²) in [6.07, 6.45) is 5.03. The minimum Gasteiger partial charge on any atom is -0.497 e. The van der Waals surface area contributed by atoms with Gasteiger partial charge in [-0.15, -0.1) is 0 Å². The second-order valence-corrected chi connectivity index (χ2v) is 7.36. The number of hydrogen-bond donors (Lipinski definition) is 2. The predicted molar refractivity (Wildman–Crippen MR) is 112 cm³/mol. The number of aromatic nitrogens is 1. The fraction of sp³-hybridized carbons (Fsp3) is 0.409. The number of primary amides is 1. The van der Waals surface area contributed by atoms with E-state index in [1.165, 1.54) is 0 Å². The molecule has 1 aromatic heterocycles. The summed E-state index contributed by atoms with van der Waals surface area (Å²) in [6.45, 7) is 2.11. The second-order valence-electron chi connectivity index (χ2n) is 7.36. The number of ether oxygens (including phenoxy) is 1. The molecule has 1 aliphatic rings. The van der Waals surface area contributed by atoms with Crippen LogP contribution in [-0.4, -0.2) is 37.0 Å². The fourth-order valence-corrected chi connectivity index (χ4v) is 3.74. The van der Waals surface area contributed by atoms with E-state index in [-0.39, 0.29) is 5.91 Å². The molecular formula is C22H28N4O3. The summed E-state index contributed by atoms with van der Waals surface area (Å²) in [7, 11) is 1.63. The number of pyridine rings is 1. The van der Waals surface area contributed by atoms with Crippen LogP contribution in [0.1, 0.15) is 41.6 Å². The predicted octanol–water partition coefficient (Wildman–Crippen LogP) is 2.50. The number of nitrogens with zero attached hydrogens (tertiary/aromatic N) is 2. The summed E-state index contributed by atoms with van der Waals surface area (Å²) in [5, 5.41) is 2.98. The Balaban J connectivity index is 1.49. The van der Waals surface area contributed by atoms with Gasteiger partial charge < -0.3 is 20.7 Å². The van der Waals surface area contributed by atoms with E-state index in [0.29, 0.717) is 30.3 Å². The van der Waals surface area contributed by atoms with E-state index in [2.05, 4.69) is 15.2 Å². The molecule has 1 aromatic carbocycles. The lowest BCUT2D eigenvalue weighted by molar-refractivity contribution is -0.121. The number of hydrogen-bond acceptors (Lipinski definition) is 5. The Morgan fingerprint density at radius 1 is 1.31 bits per heavy atom. The molecule has 3 N–H and O–H groups in total. The first-order valence-electron chi connectivity index (χ1n) is 9.96. The van der Waals surface area contributed by atoms with Gasteiger partial charge >= 0.3 is 0 Å². The molecule has 2 amide bonds. The van der Waals surface area contributed by atoms with Crippen LogP contribution in [0.2, 0.25) is 0 Å². The largest absolute Gasteiger partial charge is 0.497 e. The zero-order valence-corrected chi connectivity index (χ0v) is 16.8. The van der Waals surface area contributed by atoms with Crippen molar-refractivity contribution in [3.8, 4) is 5.75 Å². The van der Waals surface area contributed by atoms with E-state index < -0.39 is 5.91 Å². The summed E-state index contributed by atoms with van der Waals surface area (Å²) in [6, 6.07) is 11.1. The average molecular weight is 396 g/mol. The minimum absolute atomic E-state index is 0.0422. The molecule has 0 saturated carbocycles. The molecule has 0 aliphatic carbocycles. The highest BCUT2D eigenvalue weighted by Crippen LogP contribution is 2.26. The summed E-state index contributed by atoms with van der Waals surface area (Å²) < 4.78 is 5.21. The number of nitrogens with two attached hydrogens (primary N) is 1. The van der Waals surface area contributed by atoms with Crippen LogP contribution in [0.4, 0.5) is 5.82 Å². The van der Waals surface area contributed by atoms with Gasteiger partial charge in [0, 0.05) is 32.3 Å². The number of benzene rings is 1. The van der Waals surface area contributed by atoms with E-state index in [1.54, 1.807) is 25.4 Å². The van der Waals surface area contributed by atoms with E-state index in [0.717, 1.165) is 43.7 Å². The molecule has 29 heavy (non-hydrogen) atoms. The quantitative estimate of drug-likeness (QED) is 0.714. The van der Waals surface area contributed by atoms with Crippen molar-refractivity contribution in [1.29, 1.82) is 0 Å². The zero-order chi connectivity index (χ0) is 20.6. The standard InChI is InChI=1S/C22H28N4O3/c1-29-18-7-2-5-17(13-18)14-25-20(27)10-9-16-6-4-12-26(15-16)22-19(21(23)28)8-3-11-24-22/h2-3,5,7-8,11,13,16H,4,6,9-10,12,14-15H2,1H3,(H2,23,28)(H,25,27)/t16-/m1/s1. The first kappa shape index (κ1) is 20.6. The van der Waals surface area contributed by atoms with Crippen molar-refractivity contribution in [2.45, 2.75) is 32.2 Å². The summed E-state index contributed by atoms with van der Waals surface area (Å²) in [5.74, 6) is 1.39. The molecule has 154 valence electrons. The van der Waals surface area contributed by atoms with Crippen LogP contribution in [0, 0.1) is 5.92 Å². The Hall–Kier alpha value is -3.09. The molecule has 7 nitrogen and oxygen atoms in total. The topological polar surface area (TPSA) is 97.6 Å². The Kier molecular flexibility index (Phi) is 7.05. The van der Waals surface area contributed by atoms with E-state index in [9.17, 15) is 9.59 Å². The number of anilines is 1. The van der Waals surface area contributed by atoms with Crippen LogP contribution < -0.4 is 20.7 Å². The third kappa shape index (κ3) is 5.70. The molecular weight excluding hydrogens is 368 g/mol. The number of carbonyl (C=O) groups excluding carboxylic acids is 2. The van der Waals surface area contributed by atoms with Crippen LogP contribution in [0.25, 0.3) is 0 Å². The van der Waals surface area contributed by atoms with Gasteiger partial charge in [-0.3, -0.25) is 9.59 Å². The van der Waals surface area contributed by atoms with E-state index in [4.69, 9.17) is 10.5 Å². The highest BCUT2D eigenvalue weighted by Gasteiger charge is 2.24. The van der Waals surface area contributed by atoms with Crippen molar-refractivity contribution in [3.63, 3.8) is 0 Å². The highest BCUT2D eigenvalue weighted by molar-refractivity contribution is 5.97. The summed E-state index contributed by atoms with van der Waals surface area (Å²) in [5.41, 5.74) is 6.95. The van der Waals surface area contributed by atoms with Crippen LogP contribution in [0.5, 0.6) is 5.75 Å². The third-order valence-electron chi connectivity index (χ3n) is 5.27. The van der Waals surface area contributed by atoms with Crippen molar-refractivity contribution in [2.75, 3.05) is 25.1 Å². The number of piperidine rings is 1. The van der Waals surface area contributed by atoms with Crippen molar-refractivity contribution >= 4 is 17.6 Å². The maximum Gasteiger partial charge on any atom is 0.252 e. The normalized spacial score (nSPS) is 16.3. The molecule has 0 radical (unpaired) electrons. The van der Waals surface area contributed by atoms with Gasteiger partial charge in [-0.05, 0) is 55.0 Å². The number of rotatable bonds is 8. The molecule has 1 fully saturated rings. The van der Waals surface area contributed by atoms with Crippen molar-refractivity contribution in [3.05, 3.63) is 53.7 Å². The Morgan fingerprint density at radius 3 is 2.97 bits per heavy atom. The number of methoxy groups -OCH3 is 1. The lowest BCUT2D eigenvalue weighted by Gasteiger charge is -2.34. The molecule has 1 aliphatic heterocycles. The third-order valence-corrected chi connectivity index (χ3v) is 5.27. The number of amides is 2. The van der Waals surface area contributed by atoms with Gasteiger partial charge in [-0.1, -0.05) is 12.1 Å². The average Bonchev–Trinajstić information content (AvgIpc) is 2.76. The molecule has 1 saturated heterocycles. The van der Waals surface area contributed by atoms with Crippen molar-refractivity contribution in [1.82, 2.24) is 10.3 Å². The Bertz CT molecular complexity index is 855. The van der Waals surface area contributed by atoms with Crippen LogP contribution in [0.15, 0.2) is 42.6 Å². The molecule has 3 rings (SSSR count). The van der Waals surface area contributed by atoms with E-state index >= 15 is 0 Å². The van der Waals surface area contributed by atoms with Crippen LogP contribution in [-0.2, 0) is 11.3 Å². The van der Waals surface area contributed by atoms with Gasteiger partial charge in [0.1, 0.15) is 11.6 Å². The molecule has 0 bridgehead atoms. The summed E-state index contributed by atoms with van der Waals surface area (Å²) in [4.78, 5) is 30.4. The maximum absolute atomic E-state index is 12.3. The van der Waals surface area contributed by atoms with Gasteiger partial charge in [0.05, 0.1) is 12.7 Å². The molecule has 0 unspecified atom stereocenters. The van der Waals surface area contributed by atoms with Gasteiger partial charge in [0.2, 0.25) is 5.91 Å². The van der Waals surface area contributed by atoms with Gasteiger partial charge in [0.25, 0.3) is 5.91 Å². The van der Waals surface area contributed by atoms with Crippen LogP contribution >= 0.6 is 0 Å². The SMILES string of the molecule is COc1cccc(CNC(=O)CC[C@H]2CCCN(c3ncccc3C(N)=O)C2)c1. The molecule has 7 heteroatoms. The van der Waals surface area contributed by atoms with Gasteiger partial charge in [-0.2, -0.15) is 0 Å². The van der Waals surface area contributed by atoms with Crippen LogP contribution in [0.3, 0.4) is 0 Å². The zero-order valence-electron chi connectivity index (χ0n) is 16.8. The monoisotopic (exact) mass is 396 g/mol. The Morgan fingerprint density at radius 2 is 2.17 bits per heavy atom. The lowest BCUT2D eigenvalue weighted by atomic mass is 9.93. The molecule has 2 heterocycles. The van der Waals surface area contributed by atoms with E-state index in [1.807, 2.05) is 24.3 Å². The maximum atomic E-state index is 12.3. The smallest absolute Gasteiger partial charge is 0.252 e. The second kappa shape index (κ2) is 9.91. The van der Waals surface area contributed by atoms with Gasteiger partial charge in [0.15, 0.2) is 0 Å². The first-order chi connectivity index (χ1) is 14.1. The molecule has 2 aromatic rings. The summed E-state index contributed by atoms with van der Waals surface area (Å²) >= 11 is 0. The highest BCUT2D eigenvalue weighted by atomic mass is 16.5. The number of carbonyl (C=O) groups is 2. The Labute approximate surface area is 171 Å². The fourth-order valence-electron chi connectivity index (χ4n) is 3.74. The van der Waals surface area contributed by atoms with Crippen molar-refractivity contribution in [2.24, 2.45) is 11.7 Å². The molecule has 1 atom stereocenters. The van der Waals surface area contributed by atoms with Gasteiger partial charge in [-0.25, -0.2) is 4.98 Å². The van der Waals surface area contributed by atoms with Crippen molar-refractivity contribution < 1.29 is 14.3 Å². The number of nitrogens with one attached hydrogen (secondary N) is 1. The minimum atomic E-state index is -0.466.